The number of nitrogens with two attached hydrogens (primary N) is 1. The van der Waals surface area contributed by atoms with Crippen LogP contribution in [0, 0.1) is 5.92 Å². The molecule has 2 rings (SSSR count). The molecule has 1 aromatic rings. The van der Waals surface area contributed by atoms with Crippen LogP contribution in [-0.2, 0) is 4.79 Å². The van der Waals surface area contributed by atoms with Gasteiger partial charge in [-0.05, 0) is 25.3 Å². The standard InChI is InChI=1S/C12H20N4O/c1-9-4-7-15(8-11(9)13)12(17)10(2)16-6-3-5-14-16/h3,5-6,9-11H,4,7-8,13H2,1-2H3. The number of rotatable bonds is 2. The van der Waals surface area contributed by atoms with Gasteiger partial charge in [0.05, 0.1) is 0 Å². The van der Waals surface area contributed by atoms with E-state index in [0.717, 1.165) is 13.0 Å². The molecule has 5 heteroatoms. The first-order valence-electron chi connectivity index (χ1n) is 6.13. The van der Waals surface area contributed by atoms with Gasteiger partial charge in [0.25, 0.3) is 0 Å². The van der Waals surface area contributed by atoms with Crippen LogP contribution in [0.3, 0.4) is 0 Å². The molecule has 17 heavy (non-hydrogen) atoms. The minimum absolute atomic E-state index is 0.0949. The van der Waals surface area contributed by atoms with Crippen LogP contribution in [0.2, 0.25) is 0 Å². The predicted molar refractivity (Wildman–Crippen MR) is 65.3 cm³/mol. The maximum absolute atomic E-state index is 12.3. The van der Waals surface area contributed by atoms with Crippen molar-refractivity contribution in [1.29, 1.82) is 0 Å². The van der Waals surface area contributed by atoms with Crippen molar-refractivity contribution >= 4 is 5.91 Å². The largest absolute Gasteiger partial charge is 0.339 e. The first-order chi connectivity index (χ1) is 8.09. The van der Waals surface area contributed by atoms with Crippen LogP contribution < -0.4 is 5.73 Å². The second-order valence-corrected chi connectivity index (χ2v) is 4.88. The molecule has 1 fully saturated rings. The number of carbonyl (C=O) groups is 1. The fraction of sp³-hybridized carbons (Fsp3) is 0.667. The lowest BCUT2D eigenvalue weighted by Crippen LogP contribution is -2.51. The number of likely N-dealkylation sites (tertiary alicyclic amines) is 1. The van der Waals surface area contributed by atoms with E-state index < -0.39 is 0 Å². The summed E-state index contributed by atoms with van der Waals surface area (Å²) in [4.78, 5) is 14.1. The average molecular weight is 236 g/mol. The summed E-state index contributed by atoms with van der Waals surface area (Å²) in [6.07, 6.45) is 4.49. The monoisotopic (exact) mass is 236 g/mol. The van der Waals surface area contributed by atoms with Gasteiger partial charge in [-0.3, -0.25) is 9.48 Å². The Kier molecular flexibility index (Phi) is 3.47. The maximum Gasteiger partial charge on any atom is 0.247 e. The molecular formula is C12H20N4O. The Morgan fingerprint density at radius 1 is 1.59 bits per heavy atom. The van der Waals surface area contributed by atoms with E-state index in [-0.39, 0.29) is 18.0 Å². The third-order valence-corrected chi connectivity index (χ3v) is 3.61. The van der Waals surface area contributed by atoms with Gasteiger partial charge in [0.2, 0.25) is 5.91 Å². The van der Waals surface area contributed by atoms with Crippen LogP contribution in [0.25, 0.3) is 0 Å². The highest BCUT2D eigenvalue weighted by atomic mass is 16.2. The lowest BCUT2D eigenvalue weighted by atomic mass is 9.94. The van der Waals surface area contributed by atoms with E-state index in [2.05, 4.69) is 12.0 Å². The smallest absolute Gasteiger partial charge is 0.247 e. The first kappa shape index (κ1) is 12.1. The molecule has 0 radical (unpaired) electrons. The van der Waals surface area contributed by atoms with Gasteiger partial charge in [-0.25, -0.2) is 0 Å². The molecule has 1 aliphatic rings. The highest BCUT2D eigenvalue weighted by molar-refractivity contribution is 5.80. The lowest BCUT2D eigenvalue weighted by molar-refractivity contribution is -0.136. The van der Waals surface area contributed by atoms with E-state index in [1.54, 1.807) is 10.9 Å². The zero-order valence-corrected chi connectivity index (χ0v) is 10.4. The van der Waals surface area contributed by atoms with Crippen molar-refractivity contribution in [3.8, 4) is 0 Å². The Hall–Kier alpha value is -1.36. The summed E-state index contributed by atoms with van der Waals surface area (Å²) < 4.78 is 1.69. The van der Waals surface area contributed by atoms with E-state index in [1.165, 1.54) is 0 Å². The van der Waals surface area contributed by atoms with Crippen LogP contribution in [0.1, 0.15) is 26.3 Å². The first-order valence-corrected chi connectivity index (χ1v) is 6.13. The summed E-state index contributed by atoms with van der Waals surface area (Å²) in [5.41, 5.74) is 6.01. The molecule has 0 spiro atoms. The van der Waals surface area contributed by atoms with Crippen LogP contribution in [0.5, 0.6) is 0 Å². The molecule has 0 aromatic carbocycles. The van der Waals surface area contributed by atoms with Crippen LogP contribution in [-0.4, -0.2) is 39.7 Å². The average Bonchev–Trinajstić information content (AvgIpc) is 2.84. The Bertz CT molecular complexity index is 376. The normalized spacial score (nSPS) is 26.9. The molecule has 1 aromatic heterocycles. The van der Waals surface area contributed by atoms with Crippen molar-refractivity contribution in [2.24, 2.45) is 11.7 Å². The van der Waals surface area contributed by atoms with Gasteiger partial charge in [0.15, 0.2) is 0 Å². The molecule has 3 atom stereocenters. The molecule has 1 saturated heterocycles. The maximum atomic E-state index is 12.3. The number of aromatic nitrogens is 2. The van der Waals surface area contributed by atoms with E-state index >= 15 is 0 Å². The van der Waals surface area contributed by atoms with Gasteiger partial charge in [-0.2, -0.15) is 5.10 Å². The van der Waals surface area contributed by atoms with E-state index in [9.17, 15) is 4.79 Å². The van der Waals surface area contributed by atoms with Gasteiger partial charge in [-0.15, -0.1) is 0 Å². The molecule has 5 nitrogen and oxygen atoms in total. The molecule has 3 unspecified atom stereocenters. The molecular weight excluding hydrogens is 216 g/mol. The lowest BCUT2D eigenvalue weighted by Gasteiger charge is -2.36. The zero-order chi connectivity index (χ0) is 12.4. The van der Waals surface area contributed by atoms with Crippen molar-refractivity contribution < 1.29 is 4.79 Å². The quantitative estimate of drug-likeness (QED) is 0.819. The number of carbonyl (C=O) groups excluding carboxylic acids is 1. The van der Waals surface area contributed by atoms with Crippen LogP contribution in [0.4, 0.5) is 0 Å². The Morgan fingerprint density at radius 2 is 2.35 bits per heavy atom. The van der Waals surface area contributed by atoms with E-state index in [0.29, 0.717) is 12.5 Å². The second kappa shape index (κ2) is 4.87. The SMILES string of the molecule is CC1CCN(C(=O)C(C)n2cccn2)CC1N. The molecule has 94 valence electrons. The molecule has 0 saturated carbocycles. The number of nitrogens with zero attached hydrogens (tertiary/aromatic N) is 3. The summed E-state index contributed by atoms with van der Waals surface area (Å²) in [6, 6.07) is 1.68. The van der Waals surface area contributed by atoms with Crippen LogP contribution >= 0.6 is 0 Å². The van der Waals surface area contributed by atoms with E-state index in [1.807, 2.05) is 24.1 Å². The summed E-state index contributed by atoms with van der Waals surface area (Å²) in [7, 11) is 0. The van der Waals surface area contributed by atoms with Crippen molar-refractivity contribution in [3.05, 3.63) is 18.5 Å². The Labute approximate surface area is 102 Å². The third-order valence-electron chi connectivity index (χ3n) is 3.61. The van der Waals surface area contributed by atoms with Gasteiger partial charge < -0.3 is 10.6 Å². The predicted octanol–water partition coefficient (Wildman–Crippen LogP) is 0.640. The summed E-state index contributed by atoms with van der Waals surface area (Å²) in [5.74, 6) is 0.607. The summed E-state index contributed by atoms with van der Waals surface area (Å²) >= 11 is 0. The number of amides is 1. The zero-order valence-electron chi connectivity index (χ0n) is 10.4. The second-order valence-electron chi connectivity index (χ2n) is 4.88. The molecule has 2 heterocycles. The highest BCUT2D eigenvalue weighted by Gasteiger charge is 2.29. The third kappa shape index (κ3) is 2.49. The minimum atomic E-state index is -0.245. The highest BCUT2D eigenvalue weighted by Crippen LogP contribution is 2.18. The van der Waals surface area contributed by atoms with E-state index in [4.69, 9.17) is 5.73 Å². The van der Waals surface area contributed by atoms with Crippen molar-refractivity contribution in [2.75, 3.05) is 13.1 Å². The van der Waals surface area contributed by atoms with Gasteiger partial charge in [0.1, 0.15) is 6.04 Å². The minimum Gasteiger partial charge on any atom is -0.339 e. The molecule has 0 aliphatic carbocycles. The van der Waals surface area contributed by atoms with Crippen molar-refractivity contribution in [1.82, 2.24) is 14.7 Å². The fourth-order valence-corrected chi connectivity index (χ4v) is 2.19. The summed E-state index contributed by atoms with van der Waals surface area (Å²) in [5, 5.41) is 4.10. The Balaban J connectivity index is 2.01. The topological polar surface area (TPSA) is 64.2 Å². The van der Waals surface area contributed by atoms with Gasteiger partial charge in [-0.1, -0.05) is 6.92 Å². The van der Waals surface area contributed by atoms with Gasteiger partial charge in [0, 0.05) is 31.5 Å². The van der Waals surface area contributed by atoms with Crippen molar-refractivity contribution in [2.45, 2.75) is 32.4 Å². The van der Waals surface area contributed by atoms with Crippen molar-refractivity contribution in [3.63, 3.8) is 0 Å². The number of piperidine rings is 1. The Morgan fingerprint density at radius 3 is 2.94 bits per heavy atom. The van der Waals surface area contributed by atoms with Gasteiger partial charge >= 0.3 is 0 Å². The molecule has 0 bridgehead atoms. The number of hydrogen-bond donors (Lipinski definition) is 1. The summed E-state index contributed by atoms with van der Waals surface area (Å²) in [6.45, 7) is 5.48. The molecule has 1 amide bonds. The fourth-order valence-electron chi connectivity index (χ4n) is 2.19. The molecule has 1 aliphatic heterocycles. The molecule has 2 N–H and O–H groups in total. The van der Waals surface area contributed by atoms with Crippen LogP contribution in [0.15, 0.2) is 18.5 Å². The number of hydrogen-bond acceptors (Lipinski definition) is 3.